The summed E-state index contributed by atoms with van der Waals surface area (Å²) in [6.45, 7) is 10.3. The number of rotatable bonds is 11. The molecular formula is C15H33N. The Balaban J connectivity index is 3.26. The van der Waals surface area contributed by atoms with E-state index in [0.29, 0.717) is 6.04 Å². The van der Waals surface area contributed by atoms with Gasteiger partial charge in [-0.15, -0.1) is 0 Å². The summed E-state index contributed by atoms with van der Waals surface area (Å²) in [6.07, 6.45) is 11.3. The Morgan fingerprint density at radius 3 is 2.12 bits per heavy atom. The van der Waals surface area contributed by atoms with Gasteiger partial charge in [0.2, 0.25) is 0 Å². The lowest BCUT2D eigenvalue weighted by molar-refractivity contribution is 0.393. The molecule has 0 radical (unpaired) electrons. The molecule has 0 aromatic rings. The molecule has 1 nitrogen and oxygen atoms in total. The summed E-state index contributed by atoms with van der Waals surface area (Å²) in [6, 6.07) is 0.695. The first-order chi connectivity index (χ1) is 7.70. The van der Waals surface area contributed by atoms with Gasteiger partial charge in [0.15, 0.2) is 0 Å². The zero-order valence-corrected chi connectivity index (χ0v) is 12.0. The van der Waals surface area contributed by atoms with E-state index in [2.05, 4.69) is 33.0 Å². The molecule has 0 aliphatic heterocycles. The summed E-state index contributed by atoms with van der Waals surface area (Å²) in [7, 11) is 0. The van der Waals surface area contributed by atoms with Gasteiger partial charge in [-0.05, 0) is 25.8 Å². The van der Waals surface area contributed by atoms with E-state index < -0.39 is 0 Å². The summed E-state index contributed by atoms with van der Waals surface area (Å²) in [5.74, 6) is 0.889. The van der Waals surface area contributed by atoms with Crippen LogP contribution in [-0.2, 0) is 0 Å². The van der Waals surface area contributed by atoms with E-state index >= 15 is 0 Å². The van der Waals surface area contributed by atoms with E-state index in [1.807, 2.05) is 0 Å². The van der Waals surface area contributed by atoms with Gasteiger partial charge < -0.3 is 5.32 Å². The second kappa shape index (κ2) is 11.4. The van der Waals surface area contributed by atoms with E-state index in [0.717, 1.165) is 12.5 Å². The van der Waals surface area contributed by atoms with Crippen molar-refractivity contribution in [2.75, 3.05) is 6.54 Å². The van der Waals surface area contributed by atoms with Gasteiger partial charge in [-0.1, -0.05) is 65.7 Å². The molecular weight excluding hydrogens is 194 g/mol. The number of nitrogens with one attached hydrogen (secondary N) is 1. The Hall–Kier alpha value is -0.0400. The third-order valence-corrected chi connectivity index (χ3v) is 3.36. The molecule has 0 spiro atoms. The zero-order valence-electron chi connectivity index (χ0n) is 12.0. The molecule has 0 rings (SSSR count). The lowest BCUT2D eigenvalue weighted by atomic mass is 9.96. The molecule has 1 N–H and O–H groups in total. The standard InChI is InChI=1S/C15H33N/c1-5-7-8-9-10-11-12-14(3)13-15(4)16-6-2/h14-16H,5-13H2,1-4H3. The Labute approximate surface area is 103 Å². The van der Waals surface area contributed by atoms with Crippen molar-refractivity contribution in [3.8, 4) is 0 Å². The number of hydrogen-bond donors (Lipinski definition) is 1. The molecule has 98 valence electrons. The summed E-state index contributed by atoms with van der Waals surface area (Å²) >= 11 is 0. The van der Waals surface area contributed by atoms with E-state index in [-0.39, 0.29) is 0 Å². The Bertz CT molecular complexity index is 133. The normalized spacial score (nSPS) is 15.0. The van der Waals surface area contributed by atoms with E-state index in [1.54, 1.807) is 0 Å². The van der Waals surface area contributed by atoms with Crippen LogP contribution in [-0.4, -0.2) is 12.6 Å². The van der Waals surface area contributed by atoms with Crippen LogP contribution in [0.5, 0.6) is 0 Å². The zero-order chi connectivity index (χ0) is 12.2. The van der Waals surface area contributed by atoms with Gasteiger partial charge in [-0.2, -0.15) is 0 Å². The smallest absolute Gasteiger partial charge is 0.00411 e. The van der Waals surface area contributed by atoms with Gasteiger partial charge in [-0.3, -0.25) is 0 Å². The molecule has 0 amide bonds. The highest BCUT2D eigenvalue weighted by Gasteiger charge is 2.07. The van der Waals surface area contributed by atoms with Crippen LogP contribution in [0.4, 0.5) is 0 Å². The fraction of sp³-hybridized carbons (Fsp3) is 1.00. The first-order valence-electron chi connectivity index (χ1n) is 7.44. The van der Waals surface area contributed by atoms with E-state index in [4.69, 9.17) is 0 Å². The quantitative estimate of drug-likeness (QED) is 0.502. The lowest BCUT2D eigenvalue weighted by Gasteiger charge is -2.17. The predicted octanol–water partition coefficient (Wildman–Crippen LogP) is 4.76. The van der Waals surface area contributed by atoms with Gasteiger partial charge in [0.05, 0.1) is 0 Å². The van der Waals surface area contributed by atoms with Gasteiger partial charge in [0, 0.05) is 6.04 Å². The fourth-order valence-corrected chi connectivity index (χ4v) is 2.43. The van der Waals surface area contributed by atoms with Crippen molar-refractivity contribution in [2.45, 2.75) is 85.1 Å². The molecule has 16 heavy (non-hydrogen) atoms. The average Bonchev–Trinajstić information content (AvgIpc) is 2.23. The van der Waals surface area contributed by atoms with Crippen LogP contribution >= 0.6 is 0 Å². The Morgan fingerprint density at radius 1 is 0.875 bits per heavy atom. The molecule has 0 fully saturated rings. The predicted molar refractivity (Wildman–Crippen MR) is 74.9 cm³/mol. The maximum Gasteiger partial charge on any atom is 0.00411 e. The van der Waals surface area contributed by atoms with Crippen LogP contribution in [0.3, 0.4) is 0 Å². The van der Waals surface area contributed by atoms with Crippen LogP contribution in [0.25, 0.3) is 0 Å². The van der Waals surface area contributed by atoms with Crippen molar-refractivity contribution in [1.29, 1.82) is 0 Å². The maximum atomic E-state index is 3.49. The van der Waals surface area contributed by atoms with Gasteiger partial charge in [0.1, 0.15) is 0 Å². The Kier molecular flexibility index (Phi) is 11.4. The summed E-state index contributed by atoms with van der Waals surface area (Å²) in [5.41, 5.74) is 0. The van der Waals surface area contributed by atoms with Crippen LogP contribution < -0.4 is 5.32 Å². The van der Waals surface area contributed by atoms with Crippen LogP contribution in [0.1, 0.15) is 79.1 Å². The molecule has 0 aromatic heterocycles. The van der Waals surface area contributed by atoms with Crippen molar-refractivity contribution in [3.63, 3.8) is 0 Å². The minimum atomic E-state index is 0.695. The third-order valence-electron chi connectivity index (χ3n) is 3.36. The molecule has 0 saturated carbocycles. The SMILES string of the molecule is CCCCCCCCC(C)CC(C)NCC. The van der Waals surface area contributed by atoms with Crippen molar-refractivity contribution >= 4 is 0 Å². The minimum absolute atomic E-state index is 0.695. The molecule has 1 heteroatoms. The first kappa shape index (κ1) is 16.0. The van der Waals surface area contributed by atoms with Crippen molar-refractivity contribution in [3.05, 3.63) is 0 Å². The largest absolute Gasteiger partial charge is 0.315 e. The fourth-order valence-electron chi connectivity index (χ4n) is 2.43. The molecule has 0 heterocycles. The summed E-state index contributed by atoms with van der Waals surface area (Å²) in [4.78, 5) is 0. The molecule has 0 aliphatic rings. The minimum Gasteiger partial charge on any atom is -0.315 e. The molecule has 0 aliphatic carbocycles. The first-order valence-corrected chi connectivity index (χ1v) is 7.44. The second-order valence-electron chi connectivity index (χ2n) is 5.36. The molecule has 2 unspecified atom stereocenters. The van der Waals surface area contributed by atoms with Gasteiger partial charge in [-0.25, -0.2) is 0 Å². The number of hydrogen-bond acceptors (Lipinski definition) is 1. The van der Waals surface area contributed by atoms with Crippen LogP contribution in [0, 0.1) is 5.92 Å². The average molecular weight is 227 g/mol. The molecule has 0 aromatic carbocycles. The summed E-state index contributed by atoms with van der Waals surface area (Å²) < 4.78 is 0. The second-order valence-corrected chi connectivity index (χ2v) is 5.36. The molecule has 0 saturated heterocycles. The topological polar surface area (TPSA) is 12.0 Å². The van der Waals surface area contributed by atoms with E-state index in [9.17, 15) is 0 Å². The molecule has 0 bridgehead atoms. The lowest BCUT2D eigenvalue weighted by Crippen LogP contribution is -2.27. The number of unbranched alkanes of at least 4 members (excludes halogenated alkanes) is 5. The highest BCUT2D eigenvalue weighted by Crippen LogP contribution is 2.16. The highest BCUT2D eigenvalue weighted by molar-refractivity contribution is 4.64. The third kappa shape index (κ3) is 10.5. The maximum absolute atomic E-state index is 3.49. The monoisotopic (exact) mass is 227 g/mol. The van der Waals surface area contributed by atoms with Crippen molar-refractivity contribution < 1.29 is 0 Å². The van der Waals surface area contributed by atoms with Gasteiger partial charge in [0.25, 0.3) is 0 Å². The van der Waals surface area contributed by atoms with Crippen LogP contribution in [0.2, 0.25) is 0 Å². The van der Waals surface area contributed by atoms with Gasteiger partial charge >= 0.3 is 0 Å². The van der Waals surface area contributed by atoms with Crippen molar-refractivity contribution in [2.24, 2.45) is 5.92 Å². The highest BCUT2D eigenvalue weighted by atomic mass is 14.9. The summed E-state index contributed by atoms with van der Waals surface area (Å²) in [5, 5.41) is 3.49. The van der Waals surface area contributed by atoms with E-state index in [1.165, 1.54) is 51.4 Å². The molecule has 2 atom stereocenters. The van der Waals surface area contributed by atoms with Crippen molar-refractivity contribution in [1.82, 2.24) is 5.32 Å². The van der Waals surface area contributed by atoms with Crippen LogP contribution in [0.15, 0.2) is 0 Å². The Morgan fingerprint density at radius 2 is 1.50 bits per heavy atom.